The predicted molar refractivity (Wildman–Crippen MR) is 103 cm³/mol. The van der Waals surface area contributed by atoms with Gasteiger partial charge >= 0.3 is 5.97 Å². The van der Waals surface area contributed by atoms with Crippen molar-refractivity contribution in [2.24, 2.45) is 0 Å². The molecular weight excluding hydrogens is 368 g/mol. The minimum absolute atomic E-state index is 0.00679. The monoisotopic (exact) mass is 390 g/mol. The van der Waals surface area contributed by atoms with Gasteiger partial charge in [0.15, 0.2) is 0 Å². The van der Waals surface area contributed by atoms with Gasteiger partial charge in [-0.3, -0.25) is 4.79 Å². The fourth-order valence-corrected chi connectivity index (χ4v) is 3.62. The normalized spacial score (nSPS) is 11.1. The highest BCUT2D eigenvalue weighted by Gasteiger charge is 2.17. The van der Waals surface area contributed by atoms with Gasteiger partial charge in [0.25, 0.3) is 5.91 Å². The molecule has 0 radical (unpaired) electrons. The highest BCUT2D eigenvalue weighted by Crippen LogP contribution is 2.22. The molecule has 7 nitrogen and oxygen atoms in total. The van der Waals surface area contributed by atoms with Gasteiger partial charge in [-0.05, 0) is 55.3 Å². The maximum Gasteiger partial charge on any atom is 0.338 e. The Morgan fingerprint density at radius 1 is 1.11 bits per heavy atom. The Hall–Kier alpha value is -2.71. The third-order valence-corrected chi connectivity index (χ3v) is 5.61. The molecular formula is C19H22N2O5S. The van der Waals surface area contributed by atoms with Crippen LogP contribution in [-0.4, -0.2) is 33.9 Å². The minimum atomic E-state index is -3.66. The van der Waals surface area contributed by atoms with Crippen LogP contribution in [0.25, 0.3) is 0 Å². The Labute approximate surface area is 158 Å². The zero-order valence-electron chi connectivity index (χ0n) is 15.6. The first-order valence-corrected chi connectivity index (χ1v) is 9.78. The largest absolute Gasteiger partial charge is 0.465 e. The van der Waals surface area contributed by atoms with E-state index in [9.17, 15) is 18.0 Å². The number of esters is 1. The fourth-order valence-electron chi connectivity index (χ4n) is 2.53. The van der Waals surface area contributed by atoms with E-state index in [-0.39, 0.29) is 17.0 Å². The van der Waals surface area contributed by atoms with Crippen molar-refractivity contribution in [1.82, 2.24) is 4.72 Å². The summed E-state index contributed by atoms with van der Waals surface area (Å²) in [4.78, 5) is 24.5. The van der Waals surface area contributed by atoms with E-state index in [2.05, 4.69) is 10.0 Å². The smallest absolute Gasteiger partial charge is 0.338 e. The summed E-state index contributed by atoms with van der Waals surface area (Å²) < 4.78 is 31.4. The first-order valence-electron chi connectivity index (χ1n) is 8.30. The summed E-state index contributed by atoms with van der Waals surface area (Å²) in [6.07, 6.45) is 0. The molecule has 144 valence electrons. The van der Waals surface area contributed by atoms with Crippen molar-refractivity contribution in [1.29, 1.82) is 0 Å². The van der Waals surface area contributed by atoms with E-state index in [0.717, 1.165) is 11.1 Å². The van der Waals surface area contributed by atoms with Gasteiger partial charge in [-0.2, -0.15) is 0 Å². The van der Waals surface area contributed by atoms with Crippen LogP contribution in [0.5, 0.6) is 0 Å². The molecule has 1 amide bonds. The van der Waals surface area contributed by atoms with Crippen LogP contribution in [0.4, 0.5) is 5.69 Å². The molecule has 0 aromatic heterocycles. The Morgan fingerprint density at radius 2 is 1.81 bits per heavy atom. The van der Waals surface area contributed by atoms with Crippen molar-refractivity contribution in [3.05, 3.63) is 58.7 Å². The van der Waals surface area contributed by atoms with Gasteiger partial charge in [0.1, 0.15) is 0 Å². The molecule has 0 saturated heterocycles. The third kappa shape index (κ3) is 4.72. The van der Waals surface area contributed by atoms with Crippen molar-refractivity contribution in [2.75, 3.05) is 19.0 Å². The summed E-state index contributed by atoms with van der Waals surface area (Å²) in [5.74, 6) is -0.979. The molecule has 0 fully saturated rings. The third-order valence-electron chi connectivity index (χ3n) is 4.07. The number of methoxy groups -OCH3 is 1. The van der Waals surface area contributed by atoms with Crippen molar-refractivity contribution in [3.63, 3.8) is 0 Å². The van der Waals surface area contributed by atoms with Crippen LogP contribution in [-0.2, 0) is 14.8 Å². The molecule has 2 N–H and O–H groups in total. The number of hydrogen-bond acceptors (Lipinski definition) is 5. The van der Waals surface area contributed by atoms with Crippen LogP contribution >= 0.6 is 0 Å². The van der Waals surface area contributed by atoms with E-state index in [1.807, 2.05) is 6.92 Å². The molecule has 0 unspecified atom stereocenters. The first-order chi connectivity index (χ1) is 12.7. The average Bonchev–Trinajstić information content (AvgIpc) is 2.64. The minimum Gasteiger partial charge on any atom is -0.465 e. The predicted octanol–water partition coefficient (Wildman–Crippen LogP) is 2.64. The number of amides is 1. The van der Waals surface area contributed by atoms with Crippen molar-refractivity contribution < 1.29 is 22.7 Å². The molecule has 0 aliphatic heterocycles. The number of sulfonamides is 1. The zero-order valence-corrected chi connectivity index (χ0v) is 16.4. The molecule has 0 saturated carbocycles. The van der Waals surface area contributed by atoms with Crippen LogP contribution in [0, 0.1) is 13.8 Å². The molecule has 0 spiro atoms. The van der Waals surface area contributed by atoms with Crippen LogP contribution in [0.2, 0.25) is 0 Å². The highest BCUT2D eigenvalue weighted by atomic mass is 32.2. The second-order valence-corrected chi connectivity index (χ2v) is 7.71. The van der Waals surface area contributed by atoms with E-state index in [1.54, 1.807) is 19.9 Å². The molecule has 2 aromatic rings. The quantitative estimate of drug-likeness (QED) is 0.739. The summed E-state index contributed by atoms with van der Waals surface area (Å²) in [7, 11) is -2.37. The molecule has 0 atom stereocenters. The summed E-state index contributed by atoms with van der Waals surface area (Å²) in [6, 6.07) is 9.00. The second kappa shape index (κ2) is 8.32. The maximum atomic E-state index is 12.6. The van der Waals surface area contributed by atoms with Gasteiger partial charge in [0, 0.05) is 17.8 Å². The SMILES string of the molecule is CCNS(=O)(=O)c1cccc(C(=O)Nc2cc(C)c(C)c(C(=O)OC)c2)c1. The number of carbonyl (C=O) groups excluding carboxylic acids is 2. The summed E-state index contributed by atoms with van der Waals surface area (Å²) >= 11 is 0. The lowest BCUT2D eigenvalue weighted by Crippen LogP contribution is -2.23. The van der Waals surface area contributed by atoms with Crippen molar-refractivity contribution >= 4 is 27.6 Å². The van der Waals surface area contributed by atoms with Crippen LogP contribution < -0.4 is 10.0 Å². The lowest BCUT2D eigenvalue weighted by atomic mass is 10.0. The number of carbonyl (C=O) groups is 2. The standard InChI is InChI=1S/C19H22N2O5S/c1-5-20-27(24,25)16-8-6-7-14(10-16)18(22)21-15-9-12(2)13(3)17(11-15)19(23)26-4/h6-11,20H,5H2,1-4H3,(H,21,22). The maximum absolute atomic E-state index is 12.6. The van der Waals surface area contributed by atoms with Crippen LogP contribution in [0.15, 0.2) is 41.3 Å². The van der Waals surface area contributed by atoms with E-state index in [1.165, 1.54) is 37.4 Å². The van der Waals surface area contributed by atoms with Crippen LogP contribution in [0.1, 0.15) is 38.8 Å². The van der Waals surface area contributed by atoms with Crippen LogP contribution in [0.3, 0.4) is 0 Å². The zero-order chi connectivity index (χ0) is 20.2. The summed E-state index contributed by atoms with van der Waals surface area (Å²) in [5, 5.41) is 2.69. The second-order valence-electron chi connectivity index (χ2n) is 5.94. The summed E-state index contributed by atoms with van der Waals surface area (Å²) in [6.45, 7) is 5.54. The molecule has 0 bridgehead atoms. The lowest BCUT2D eigenvalue weighted by Gasteiger charge is -2.12. The summed E-state index contributed by atoms with van der Waals surface area (Å²) in [5.41, 5.74) is 2.54. The van der Waals surface area contributed by atoms with Crippen molar-refractivity contribution in [2.45, 2.75) is 25.7 Å². The molecule has 27 heavy (non-hydrogen) atoms. The number of nitrogens with one attached hydrogen (secondary N) is 2. The van der Waals surface area contributed by atoms with E-state index >= 15 is 0 Å². The Morgan fingerprint density at radius 3 is 2.44 bits per heavy atom. The van der Waals surface area contributed by atoms with Gasteiger partial charge in [0.05, 0.1) is 17.6 Å². The van der Waals surface area contributed by atoms with E-state index in [4.69, 9.17) is 4.74 Å². The number of hydrogen-bond donors (Lipinski definition) is 2. The Balaban J connectivity index is 2.33. The van der Waals surface area contributed by atoms with Gasteiger partial charge in [-0.15, -0.1) is 0 Å². The van der Waals surface area contributed by atoms with Gasteiger partial charge in [-0.25, -0.2) is 17.9 Å². The average molecular weight is 390 g/mol. The van der Waals surface area contributed by atoms with Gasteiger partial charge < -0.3 is 10.1 Å². The topological polar surface area (TPSA) is 102 Å². The molecule has 0 heterocycles. The Bertz CT molecular complexity index is 984. The Kier molecular flexibility index (Phi) is 6.35. The fraction of sp³-hybridized carbons (Fsp3) is 0.263. The molecule has 2 aromatic carbocycles. The number of aryl methyl sites for hydroxylation is 1. The molecule has 0 aliphatic carbocycles. The number of benzene rings is 2. The number of anilines is 1. The van der Waals surface area contributed by atoms with E-state index < -0.39 is 21.9 Å². The number of ether oxygens (including phenoxy) is 1. The lowest BCUT2D eigenvalue weighted by molar-refractivity contribution is 0.0599. The van der Waals surface area contributed by atoms with Crippen molar-refractivity contribution in [3.8, 4) is 0 Å². The number of rotatable bonds is 6. The molecule has 8 heteroatoms. The van der Waals surface area contributed by atoms with Gasteiger partial charge in [0.2, 0.25) is 10.0 Å². The van der Waals surface area contributed by atoms with E-state index in [0.29, 0.717) is 11.3 Å². The highest BCUT2D eigenvalue weighted by molar-refractivity contribution is 7.89. The first kappa shape index (κ1) is 20.6. The van der Waals surface area contributed by atoms with Gasteiger partial charge in [-0.1, -0.05) is 13.0 Å². The molecule has 0 aliphatic rings. The molecule has 2 rings (SSSR count).